The number of aliphatic hydroxyl groups excluding tert-OH is 1. The molecule has 0 saturated carbocycles. The van der Waals surface area contributed by atoms with Crippen LogP contribution in [0.2, 0.25) is 0 Å². The first kappa shape index (κ1) is 18.9. The predicted molar refractivity (Wildman–Crippen MR) is 127 cm³/mol. The van der Waals surface area contributed by atoms with Crippen LogP contribution in [0.1, 0.15) is 41.6 Å². The average molecular weight is 475 g/mol. The van der Waals surface area contributed by atoms with Gasteiger partial charge in [0.25, 0.3) is 0 Å². The maximum atomic E-state index is 13.8. The normalized spacial score (nSPS) is 15.8. The number of benzene rings is 3. The molecule has 0 radical (unpaired) electrons. The lowest BCUT2D eigenvalue weighted by molar-refractivity contribution is -0.146. The molecule has 1 atom stereocenters. The van der Waals surface area contributed by atoms with E-state index in [9.17, 15) is 28.2 Å². The zero-order chi connectivity index (χ0) is 29.3. The molecule has 3 aromatic carbocycles. The van der Waals surface area contributed by atoms with Crippen LogP contribution < -0.4 is 5.32 Å². The highest BCUT2D eigenvalue weighted by Gasteiger charge is 2.34. The maximum absolute atomic E-state index is 13.8. The maximum Gasteiger partial charge on any atom is 0.416 e. The second kappa shape index (κ2) is 10.2. The lowest BCUT2D eigenvalue weighted by Gasteiger charge is -2.24. The lowest BCUT2D eigenvalue weighted by atomic mass is 9.95. The molecule has 0 aliphatic carbocycles. The van der Waals surface area contributed by atoms with E-state index < -0.39 is 48.0 Å². The summed E-state index contributed by atoms with van der Waals surface area (Å²) in [5.74, 6) is -1.31. The zero-order valence-electron chi connectivity index (χ0n) is 23.5. The summed E-state index contributed by atoms with van der Waals surface area (Å²) in [6, 6.07) is 5.87. The van der Waals surface area contributed by atoms with Crippen molar-refractivity contribution in [2.75, 3.05) is 6.61 Å². The average Bonchev–Trinajstić information content (AvgIpc) is 2.89. The summed E-state index contributed by atoms with van der Waals surface area (Å²) in [6.07, 6.45) is -1.98. The van der Waals surface area contributed by atoms with Gasteiger partial charge in [-0.1, -0.05) is 66.6 Å². The first-order valence-electron chi connectivity index (χ1n) is 12.8. The van der Waals surface area contributed by atoms with E-state index in [2.05, 4.69) is 5.32 Å². The quantitative estimate of drug-likeness (QED) is 0.362. The third kappa shape index (κ3) is 5.73. The Morgan fingerprint density at radius 2 is 1.76 bits per heavy atom. The summed E-state index contributed by atoms with van der Waals surface area (Å²) in [7, 11) is 0. The van der Waals surface area contributed by atoms with E-state index in [0.717, 1.165) is 6.07 Å². The van der Waals surface area contributed by atoms with Gasteiger partial charge in [-0.25, -0.2) is 0 Å². The summed E-state index contributed by atoms with van der Waals surface area (Å²) in [5, 5.41) is 21.3. The molecule has 0 aliphatic rings. The fraction of sp³-hybridized carbons (Fsp3) is 0.222. The number of carbonyl (C=O) groups is 1. The van der Waals surface area contributed by atoms with Crippen molar-refractivity contribution >= 4 is 18.1 Å². The van der Waals surface area contributed by atoms with E-state index in [4.69, 9.17) is 6.85 Å². The van der Waals surface area contributed by atoms with Gasteiger partial charge in [-0.3, -0.25) is 10.1 Å². The van der Waals surface area contributed by atoms with Gasteiger partial charge in [0.05, 0.1) is 19.0 Å². The molecule has 3 N–H and O–H groups in total. The molecule has 34 heavy (non-hydrogen) atoms. The molecule has 0 aromatic heterocycles. The number of alkyl halides is 3. The largest absolute Gasteiger partial charge is 0.480 e. The van der Waals surface area contributed by atoms with Gasteiger partial charge in [0.2, 0.25) is 0 Å². The van der Waals surface area contributed by atoms with Crippen LogP contribution in [0.5, 0.6) is 0 Å². The zero-order valence-corrected chi connectivity index (χ0v) is 18.5. The molecule has 0 amide bonds. The van der Waals surface area contributed by atoms with Crippen LogP contribution in [-0.4, -0.2) is 28.3 Å². The predicted octanol–water partition coefficient (Wildman–Crippen LogP) is 5.78. The molecule has 0 fully saturated rings. The van der Waals surface area contributed by atoms with E-state index in [1.807, 2.05) is 0 Å². The minimum absolute atomic E-state index is 0.0110. The summed E-state index contributed by atoms with van der Waals surface area (Å²) < 4.78 is 81.4. The second-order valence-electron chi connectivity index (χ2n) is 7.92. The third-order valence-electron chi connectivity index (χ3n) is 5.48. The summed E-state index contributed by atoms with van der Waals surface area (Å²) in [4.78, 5) is 11.4. The van der Waals surface area contributed by atoms with Crippen LogP contribution in [0.25, 0.3) is 23.3 Å². The highest BCUT2D eigenvalue weighted by Crippen LogP contribution is 2.34. The first-order chi connectivity index (χ1) is 18.1. The molecule has 0 aliphatic heterocycles. The van der Waals surface area contributed by atoms with Gasteiger partial charge in [-0.05, 0) is 59.4 Å². The molecule has 4 nitrogen and oxygen atoms in total. The Kier molecular flexibility index (Phi) is 5.70. The van der Waals surface area contributed by atoms with Crippen molar-refractivity contribution in [3.63, 3.8) is 0 Å². The van der Waals surface area contributed by atoms with E-state index in [1.165, 1.54) is 31.2 Å². The number of rotatable bonds is 8. The van der Waals surface area contributed by atoms with E-state index in [-0.39, 0.29) is 29.8 Å². The molecule has 178 valence electrons. The van der Waals surface area contributed by atoms with Crippen molar-refractivity contribution < 1.29 is 35.0 Å². The van der Waals surface area contributed by atoms with Gasteiger partial charge < -0.3 is 10.2 Å². The Morgan fingerprint density at radius 3 is 2.38 bits per heavy atom. The summed E-state index contributed by atoms with van der Waals surface area (Å²) in [5.41, 5.74) is -1.12. The highest BCUT2D eigenvalue weighted by molar-refractivity contribution is 5.79. The number of nitrogens with one attached hydrogen (secondary N) is 1. The molecule has 7 heteroatoms. The first-order valence-corrected chi connectivity index (χ1v) is 10.3. The SMILES string of the molecule is [2H]c1c([2H])c([2H])c(-c2cccc(/C=C/c3cc(CN[C@@](C)(CO)C(=O)O)ccc3C(F)(F)F)c2C)c([2H])c1[2H]. The van der Waals surface area contributed by atoms with E-state index in [1.54, 1.807) is 25.1 Å². The van der Waals surface area contributed by atoms with Crippen LogP contribution in [-0.2, 0) is 17.5 Å². The summed E-state index contributed by atoms with van der Waals surface area (Å²) in [6.45, 7) is 2.06. The minimum Gasteiger partial charge on any atom is -0.480 e. The fourth-order valence-corrected chi connectivity index (χ4v) is 3.28. The Bertz CT molecular complexity index is 1430. The van der Waals surface area contributed by atoms with Crippen molar-refractivity contribution in [1.29, 1.82) is 0 Å². The Balaban J connectivity index is 2.06. The van der Waals surface area contributed by atoms with Crippen molar-refractivity contribution in [3.05, 3.63) is 94.4 Å². The lowest BCUT2D eigenvalue weighted by Crippen LogP contribution is -2.52. The Hall–Kier alpha value is -3.42. The van der Waals surface area contributed by atoms with Crippen LogP contribution in [0, 0.1) is 6.92 Å². The highest BCUT2D eigenvalue weighted by atomic mass is 19.4. The number of hydrogen-bond donors (Lipinski definition) is 3. The van der Waals surface area contributed by atoms with Gasteiger partial charge >= 0.3 is 12.1 Å². The van der Waals surface area contributed by atoms with Gasteiger partial charge in [0.15, 0.2) is 0 Å². The van der Waals surface area contributed by atoms with Crippen LogP contribution in [0.4, 0.5) is 13.2 Å². The molecule has 0 bridgehead atoms. The number of carboxylic acid groups (broad SMARTS) is 1. The number of hydrogen-bond acceptors (Lipinski definition) is 3. The Morgan fingerprint density at radius 1 is 1.09 bits per heavy atom. The third-order valence-corrected chi connectivity index (χ3v) is 5.48. The molecule has 3 rings (SSSR count). The Labute approximate surface area is 203 Å². The van der Waals surface area contributed by atoms with Crippen LogP contribution in [0.15, 0.2) is 66.6 Å². The van der Waals surface area contributed by atoms with Crippen molar-refractivity contribution in [2.24, 2.45) is 0 Å². The number of aliphatic hydroxyl groups is 1. The monoisotopic (exact) mass is 474 g/mol. The van der Waals surface area contributed by atoms with E-state index >= 15 is 0 Å². The minimum atomic E-state index is -4.67. The number of aliphatic carboxylic acids is 1. The van der Waals surface area contributed by atoms with Crippen molar-refractivity contribution in [2.45, 2.75) is 32.1 Å². The molecule has 0 saturated heterocycles. The molecular weight excluding hydrogens is 443 g/mol. The topological polar surface area (TPSA) is 69.6 Å². The molecule has 0 unspecified atom stereocenters. The smallest absolute Gasteiger partial charge is 0.416 e. The van der Waals surface area contributed by atoms with Gasteiger partial charge in [-0.15, -0.1) is 0 Å². The summed E-state index contributed by atoms with van der Waals surface area (Å²) >= 11 is 0. The molecule has 0 heterocycles. The fourth-order valence-electron chi connectivity index (χ4n) is 3.28. The second-order valence-corrected chi connectivity index (χ2v) is 7.92. The van der Waals surface area contributed by atoms with Crippen molar-refractivity contribution in [3.8, 4) is 11.1 Å². The van der Waals surface area contributed by atoms with Crippen molar-refractivity contribution in [1.82, 2.24) is 5.32 Å². The van der Waals surface area contributed by atoms with Gasteiger partial charge in [0, 0.05) is 6.54 Å². The molecule has 3 aromatic rings. The van der Waals surface area contributed by atoms with Gasteiger partial charge in [0.1, 0.15) is 5.54 Å². The van der Waals surface area contributed by atoms with Crippen LogP contribution >= 0.6 is 0 Å². The molecular formula is C27H26F3NO3. The number of halogens is 3. The van der Waals surface area contributed by atoms with E-state index in [0.29, 0.717) is 22.3 Å². The standard InChI is InChI=1S/C27H26F3NO3/c1-18-20(9-6-10-23(18)21-7-4-3-5-8-21)12-13-22-15-19(11-14-24(22)27(28,29)30)16-31-26(2,17-32)25(33)34/h3-15,31-32H,16-17H2,1-2H3,(H,33,34)/b13-12+/t26-/m0/s1/i3D,4D,5D,7D,8D. The van der Waals surface area contributed by atoms with Crippen LogP contribution in [0.3, 0.4) is 0 Å². The molecule has 0 spiro atoms. The number of carboxylic acids is 1. The van der Waals surface area contributed by atoms with Gasteiger partial charge in [-0.2, -0.15) is 13.2 Å².